The van der Waals surface area contributed by atoms with Crippen LogP contribution in [0.5, 0.6) is 0 Å². The fraction of sp³-hybridized carbons (Fsp3) is 0.111. The number of fused-ring (bicyclic) bond motifs is 1. The summed E-state index contributed by atoms with van der Waals surface area (Å²) >= 11 is 0. The predicted molar refractivity (Wildman–Crippen MR) is 132 cm³/mol. The second kappa shape index (κ2) is 9.04. The third kappa shape index (κ3) is 4.43. The van der Waals surface area contributed by atoms with E-state index in [4.69, 9.17) is 0 Å². The lowest BCUT2D eigenvalue weighted by molar-refractivity contribution is -0.117. The minimum atomic E-state index is -0.482. The van der Waals surface area contributed by atoms with E-state index in [9.17, 15) is 14.9 Å². The third-order valence-corrected chi connectivity index (χ3v) is 5.71. The molecular weight excluding hydrogens is 426 g/mol. The maximum Gasteiger partial charge on any atom is 0.266 e. The maximum atomic E-state index is 12.8. The van der Waals surface area contributed by atoms with E-state index in [0.29, 0.717) is 11.5 Å². The van der Waals surface area contributed by atoms with Crippen LogP contribution in [0.2, 0.25) is 0 Å². The number of para-hydroxylation sites is 1. The molecule has 5 rings (SSSR count). The molecule has 166 valence electrons. The SMILES string of the molecule is N#C/C(=C\c1ccccc1)C(=O)Nc1cccc2c(-c3ccnc(NC(=O)C4CC4)c3)c[nH]c12. The van der Waals surface area contributed by atoms with Gasteiger partial charge < -0.3 is 15.6 Å². The van der Waals surface area contributed by atoms with Gasteiger partial charge in [0, 0.05) is 29.3 Å². The molecule has 1 aliphatic rings. The van der Waals surface area contributed by atoms with Gasteiger partial charge in [-0.15, -0.1) is 0 Å². The summed E-state index contributed by atoms with van der Waals surface area (Å²) < 4.78 is 0. The van der Waals surface area contributed by atoms with Crippen LogP contribution in [0.25, 0.3) is 28.1 Å². The number of rotatable bonds is 6. The first-order valence-corrected chi connectivity index (χ1v) is 11.0. The van der Waals surface area contributed by atoms with E-state index in [0.717, 1.165) is 40.4 Å². The van der Waals surface area contributed by atoms with Crippen LogP contribution in [0, 0.1) is 17.2 Å². The van der Waals surface area contributed by atoms with Crippen LogP contribution >= 0.6 is 0 Å². The van der Waals surface area contributed by atoms with Gasteiger partial charge in [-0.25, -0.2) is 4.98 Å². The quantitative estimate of drug-likeness (QED) is 0.281. The standard InChI is InChI=1S/C27H21N5O2/c28-15-20(13-17-5-2-1-3-6-17)27(34)31-23-8-4-7-21-22(16-30-25(21)23)19-11-12-29-24(14-19)32-26(33)18-9-10-18/h1-8,11-14,16,18,30H,9-10H2,(H,31,34)(H,29,32,33)/b20-13+. The number of nitrogens with zero attached hydrogens (tertiary/aromatic N) is 2. The second-order valence-corrected chi connectivity index (χ2v) is 8.16. The largest absolute Gasteiger partial charge is 0.359 e. The van der Waals surface area contributed by atoms with Gasteiger partial charge in [0.05, 0.1) is 11.2 Å². The zero-order valence-electron chi connectivity index (χ0n) is 18.2. The van der Waals surface area contributed by atoms with Gasteiger partial charge in [-0.3, -0.25) is 9.59 Å². The third-order valence-electron chi connectivity index (χ3n) is 5.71. The van der Waals surface area contributed by atoms with E-state index in [1.54, 1.807) is 18.3 Å². The van der Waals surface area contributed by atoms with Crippen LogP contribution in [0.3, 0.4) is 0 Å². The number of carbonyl (C=O) groups excluding carboxylic acids is 2. The fourth-order valence-electron chi connectivity index (χ4n) is 3.79. The molecule has 0 bridgehead atoms. The zero-order chi connectivity index (χ0) is 23.5. The zero-order valence-corrected chi connectivity index (χ0v) is 18.2. The number of hydrogen-bond donors (Lipinski definition) is 3. The maximum absolute atomic E-state index is 12.8. The predicted octanol–water partition coefficient (Wildman–Crippen LogP) is 5.12. The van der Waals surface area contributed by atoms with Crippen molar-refractivity contribution in [1.29, 1.82) is 5.26 Å². The summed E-state index contributed by atoms with van der Waals surface area (Å²) in [6.45, 7) is 0. The van der Waals surface area contributed by atoms with Gasteiger partial charge in [0.25, 0.3) is 5.91 Å². The van der Waals surface area contributed by atoms with Crippen LogP contribution in [-0.4, -0.2) is 21.8 Å². The molecule has 2 aromatic heterocycles. The highest BCUT2D eigenvalue weighted by Crippen LogP contribution is 2.34. The molecule has 3 N–H and O–H groups in total. The molecule has 4 aromatic rings. The van der Waals surface area contributed by atoms with Crippen molar-refractivity contribution in [2.75, 3.05) is 10.6 Å². The number of aromatic amines is 1. The molecule has 2 amide bonds. The minimum Gasteiger partial charge on any atom is -0.359 e. The smallest absolute Gasteiger partial charge is 0.266 e. The number of amides is 2. The molecule has 7 heteroatoms. The van der Waals surface area contributed by atoms with E-state index >= 15 is 0 Å². The lowest BCUT2D eigenvalue weighted by Crippen LogP contribution is -2.14. The summed E-state index contributed by atoms with van der Waals surface area (Å²) in [7, 11) is 0. The summed E-state index contributed by atoms with van der Waals surface area (Å²) in [6, 6.07) is 20.5. The number of aromatic nitrogens is 2. The first kappa shape index (κ1) is 21.2. The summed E-state index contributed by atoms with van der Waals surface area (Å²) in [5.41, 5.74) is 3.90. The molecule has 1 aliphatic carbocycles. The Kier molecular flexibility index (Phi) is 5.63. The molecule has 0 atom stereocenters. The van der Waals surface area contributed by atoms with Gasteiger partial charge in [-0.05, 0) is 48.2 Å². The molecule has 7 nitrogen and oxygen atoms in total. The molecule has 2 heterocycles. The Morgan fingerprint density at radius 2 is 1.88 bits per heavy atom. The summed E-state index contributed by atoms with van der Waals surface area (Å²) in [4.78, 5) is 32.4. The highest BCUT2D eigenvalue weighted by atomic mass is 16.2. The lowest BCUT2D eigenvalue weighted by Gasteiger charge is -2.08. The first-order chi connectivity index (χ1) is 16.6. The first-order valence-electron chi connectivity index (χ1n) is 11.0. The minimum absolute atomic E-state index is 0.00503. The van der Waals surface area contributed by atoms with E-state index in [2.05, 4.69) is 20.6 Å². The van der Waals surface area contributed by atoms with Gasteiger partial charge in [0.1, 0.15) is 17.5 Å². The van der Waals surface area contributed by atoms with Crippen LogP contribution in [-0.2, 0) is 9.59 Å². The molecule has 0 radical (unpaired) electrons. The molecule has 1 saturated carbocycles. The Bertz CT molecular complexity index is 1460. The van der Waals surface area contributed by atoms with Gasteiger partial charge in [0.2, 0.25) is 5.91 Å². The van der Waals surface area contributed by atoms with E-state index in [1.165, 1.54) is 0 Å². The number of pyridine rings is 1. The average Bonchev–Trinajstić information content (AvgIpc) is 3.62. The van der Waals surface area contributed by atoms with Crippen molar-refractivity contribution in [1.82, 2.24) is 9.97 Å². The number of carbonyl (C=O) groups is 2. The number of benzene rings is 2. The number of nitrogens with one attached hydrogen (secondary N) is 3. The van der Waals surface area contributed by atoms with E-state index in [-0.39, 0.29) is 17.4 Å². The topological polar surface area (TPSA) is 111 Å². The fourth-order valence-corrected chi connectivity index (χ4v) is 3.79. The van der Waals surface area contributed by atoms with Crippen LogP contribution in [0.1, 0.15) is 18.4 Å². The second-order valence-electron chi connectivity index (χ2n) is 8.16. The van der Waals surface area contributed by atoms with Crippen LogP contribution in [0.15, 0.2) is 78.6 Å². The normalized spacial score (nSPS) is 13.3. The van der Waals surface area contributed by atoms with Crippen molar-refractivity contribution in [3.05, 3.63) is 84.2 Å². The van der Waals surface area contributed by atoms with Crippen molar-refractivity contribution < 1.29 is 9.59 Å². The highest BCUT2D eigenvalue weighted by Gasteiger charge is 2.29. The van der Waals surface area contributed by atoms with Crippen molar-refractivity contribution in [3.8, 4) is 17.2 Å². The Hall–Kier alpha value is -4.70. The number of nitriles is 1. The Morgan fingerprint density at radius 3 is 2.65 bits per heavy atom. The number of hydrogen-bond acceptors (Lipinski definition) is 4. The Morgan fingerprint density at radius 1 is 1.06 bits per heavy atom. The van der Waals surface area contributed by atoms with Crippen molar-refractivity contribution in [2.45, 2.75) is 12.8 Å². The summed E-state index contributed by atoms with van der Waals surface area (Å²) in [5, 5.41) is 16.1. The van der Waals surface area contributed by atoms with Crippen molar-refractivity contribution >= 4 is 40.3 Å². The Labute approximate surface area is 196 Å². The van der Waals surface area contributed by atoms with Crippen LogP contribution < -0.4 is 10.6 Å². The van der Waals surface area contributed by atoms with Crippen molar-refractivity contribution in [3.63, 3.8) is 0 Å². The highest BCUT2D eigenvalue weighted by molar-refractivity contribution is 6.13. The van der Waals surface area contributed by atoms with Gasteiger partial charge in [0.15, 0.2) is 0 Å². The van der Waals surface area contributed by atoms with E-state index < -0.39 is 5.91 Å². The Balaban J connectivity index is 1.42. The van der Waals surface area contributed by atoms with Crippen LogP contribution in [0.4, 0.5) is 11.5 Å². The molecule has 0 saturated heterocycles. The number of anilines is 2. The molecule has 0 unspecified atom stereocenters. The molecule has 0 aliphatic heterocycles. The number of H-pyrrole nitrogens is 1. The van der Waals surface area contributed by atoms with E-state index in [1.807, 2.05) is 66.9 Å². The van der Waals surface area contributed by atoms with Crippen molar-refractivity contribution in [2.24, 2.45) is 5.92 Å². The molecule has 1 fully saturated rings. The van der Waals surface area contributed by atoms with Gasteiger partial charge in [-0.1, -0.05) is 42.5 Å². The molecule has 34 heavy (non-hydrogen) atoms. The average molecular weight is 447 g/mol. The molecule has 0 spiro atoms. The molecule has 2 aromatic carbocycles. The van der Waals surface area contributed by atoms with Gasteiger partial charge in [-0.2, -0.15) is 5.26 Å². The monoisotopic (exact) mass is 447 g/mol. The summed E-state index contributed by atoms with van der Waals surface area (Å²) in [5.74, 6) is 0.131. The van der Waals surface area contributed by atoms with Gasteiger partial charge >= 0.3 is 0 Å². The lowest BCUT2D eigenvalue weighted by atomic mass is 10.0. The summed E-state index contributed by atoms with van der Waals surface area (Å²) in [6.07, 6.45) is 6.93. The molecular formula is C27H21N5O2.